The molecule has 0 spiro atoms. The van der Waals surface area contributed by atoms with E-state index in [0.717, 1.165) is 5.56 Å². The Balaban J connectivity index is 1.87. The van der Waals surface area contributed by atoms with Crippen LogP contribution in [0.5, 0.6) is 0 Å². The molecule has 7 nitrogen and oxygen atoms in total. The molecule has 2 aromatic heterocycles. The van der Waals surface area contributed by atoms with Crippen molar-refractivity contribution in [1.82, 2.24) is 20.1 Å². The van der Waals surface area contributed by atoms with Crippen molar-refractivity contribution < 1.29 is 4.79 Å². The van der Waals surface area contributed by atoms with Gasteiger partial charge in [0, 0.05) is 24.5 Å². The lowest BCUT2D eigenvalue weighted by Gasteiger charge is -2.06. The van der Waals surface area contributed by atoms with Gasteiger partial charge in [-0.15, -0.1) is 0 Å². The van der Waals surface area contributed by atoms with Crippen molar-refractivity contribution in [3.05, 3.63) is 41.9 Å². The monoisotopic (exact) mass is 260 g/mol. The standard InChI is InChI=1S/C12H16N6O/c1-9-7-16-18(8-9)5-4-15-12(19)10-2-3-14-11(6-10)17-13/h2-3,6-8H,4-5,13H2,1H3,(H,14,17)(H,15,19). The summed E-state index contributed by atoms with van der Waals surface area (Å²) < 4.78 is 1.79. The Labute approximate surface area is 110 Å². The Hall–Kier alpha value is -2.41. The molecule has 0 unspecified atom stereocenters. The molecule has 0 aliphatic rings. The van der Waals surface area contributed by atoms with Crippen LogP contribution in [0.25, 0.3) is 0 Å². The number of carbonyl (C=O) groups excluding carboxylic acids is 1. The highest BCUT2D eigenvalue weighted by molar-refractivity contribution is 5.94. The molecule has 0 aromatic carbocycles. The lowest BCUT2D eigenvalue weighted by atomic mass is 10.2. The van der Waals surface area contributed by atoms with Crippen molar-refractivity contribution in [2.24, 2.45) is 5.84 Å². The van der Waals surface area contributed by atoms with Crippen LogP contribution in [-0.2, 0) is 6.54 Å². The molecule has 19 heavy (non-hydrogen) atoms. The van der Waals surface area contributed by atoms with E-state index in [1.165, 1.54) is 6.20 Å². The molecule has 4 N–H and O–H groups in total. The van der Waals surface area contributed by atoms with E-state index in [9.17, 15) is 4.79 Å². The van der Waals surface area contributed by atoms with Crippen LogP contribution in [0.1, 0.15) is 15.9 Å². The summed E-state index contributed by atoms with van der Waals surface area (Å²) in [6.07, 6.45) is 5.24. The molecule has 0 atom stereocenters. The van der Waals surface area contributed by atoms with Gasteiger partial charge in [0.2, 0.25) is 0 Å². The normalized spacial score (nSPS) is 10.2. The molecule has 0 saturated carbocycles. The van der Waals surface area contributed by atoms with Crippen LogP contribution in [0, 0.1) is 6.92 Å². The SMILES string of the molecule is Cc1cnn(CCNC(=O)c2ccnc(NN)c2)c1. The summed E-state index contributed by atoms with van der Waals surface area (Å²) in [5.41, 5.74) is 4.01. The molecule has 2 heterocycles. The molecule has 0 fully saturated rings. The Morgan fingerprint density at radius 1 is 1.53 bits per heavy atom. The third kappa shape index (κ3) is 3.52. The van der Waals surface area contributed by atoms with E-state index < -0.39 is 0 Å². The van der Waals surface area contributed by atoms with Crippen LogP contribution in [0.4, 0.5) is 5.82 Å². The van der Waals surface area contributed by atoms with Gasteiger partial charge in [-0.2, -0.15) is 5.10 Å². The topological polar surface area (TPSA) is 97.9 Å². The van der Waals surface area contributed by atoms with Gasteiger partial charge in [-0.25, -0.2) is 10.8 Å². The number of nitrogens with two attached hydrogens (primary N) is 1. The van der Waals surface area contributed by atoms with E-state index in [1.807, 2.05) is 13.1 Å². The summed E-state index contributed by atoms with van der Waals surface area (Å²) in [4.78, 5) is 15.8. The highest BCUT2D eigenvalue weighted by Gasteiger charge is 2.06. The zero-order chi connectivity index (χ0) is 13.7. The number of amides is 1. The first-order chi connectivity index (χ1) is 9.19. The minimum absolute atomic E-state index is 0.164. The van der Waals surface area contributed by atoms with Crippen LogP contribution >= 0.6 is 0 Å². The average Bonchev–Trinajstić information content (AvgIpc) is 2.84. The van der Waals surface area contributed by atoms with Crippen LogP contribution in [0.15, 0.2) is 30.7 Å². The van der Waals surface area contributed by atoms with Gasteiger partial charge in [0.1, 0.15) is 5.82 Å². The summed E-state index contributed by atoms with van der Waals surface area (Å²) >= 11 is 0. The molecule has 0 bridgehead atoms. The number of carbonyl (C=O) groups is 1. The number of nitrogens with zero attached hydrogens (tertiary/aromatic N) is 3. The summed E-state index contributed by atoms with van der Waals surface area (Å²) in [5.74, 6) is 5.53. The number of aryl methyl sites for hydroxylation is 1. The second-order valence-corrected chi connectivity index (χ2v) is 4.11. The fourth-order valence-corrected chi connectivity index (χ4v) is 1.63. The molecule has 2 aromatic rings. The quantitative estimate of drug-likeness (QED) is 0.530. The second-order valence-electron chi connectivity index (χ2n) is 4.11. The molecule has 2 rings (SSSR count). The van der Waals surface area contributed by atoms with Gasteiger partial charge in [-0.05, 0) is 24.6 Å². The summed E-state index contributed by atoms with van der Waals surface area (Å²) in [7, 11) is 0. The molecule has 0 saturated heterocycles. The van der Waals surface area contributed by atoms with Crippen molar-refractivity contribution in [3.8, 4) is 0 Å². The fourth-order valence-electron chi connectivity index (χ4n) is 1.63. The largest absolute Gasteiger partial charge is 0.350 e. The Morgan fingerprint density at radius 2 is 2.37 bits per heavy atom. The van der Waals surface area contributed by atoms with Gasteiger partial charge < -0.3 is 10.7 Å². The fraction of sp³-hybridized carbons (Fsp3) is 0.250. The van der Waals surface area contributed by atoms with Crippen LogP contribution in [0.3, 0.4) is 0 Å². The van der Waals surface area contributed by atoms with E-state index >= 15 is 0 Å². The van der Waals surface area contributed by atoms with E-state index in [4.69, 9.17) is 5.84 Å². The number of aromatic nitrogens is 3. The minimum Gasteiger partial charge on any atom is -0.350 e. The van der Waals surface area contributed by atoms with Crippen molar-refractivity contribution in [1.29, 1.82) is 0 Å². The number of pyridine rings is 1. The summed E-state index contributed by atoms with van der Waals surface area (Å²) in [6, 6.07) is 3.22. The summed E-state index contributed by atoms with van der Waals surface area (Å²) in [6.45, 7) is 3.11. The average molecular weight is 260 g/mol. The number of hydrazine groups is 1. The molecule has 0 radical (unpaired) electrons. The molecule has 0 aliphatic carbocycles. The smallest absolute Gasteiger partial charge is 0.251 e. The lowest BCUT2D eigenvalue weighted by molar-refractivity contribution is 0.0952. The van der Waals surface area contributed by atoms with E-state index in [2.05, 4.69) is 20.8 Å². The summed E-state index contributed by atoms with van der Waals surface area (Å²) in [5, 5.41) is 6.95. The maximum Gasteiger partial charge on any atom is 0.251 e. The second kappa shape index (κ2) is 5.96. The van der Waals surface area contributed by atoms with E-state index in [0.29, 0.717) is 24.5 Å². The van der Waals surface area contributed by atoms with Crippen LogP contribution in [0.2, 0.25) is 0 Å². The van der Waals surface area contributed by atoms with Gasteiger partial charge >= 0.3 is 0 Å². The van der Waals surface area contributed by atoms with E-state index in [-0.39, 0.29) is 5.91 Å². The predicted molar refractivity (Wildman–Crippen MR) is 71.3 cm³/mol. The highest BCUT2D eigenvalue weighted by atomic mass is 16.1. The van der Waals surface area contributed by atoms with Crippen LogP contribution in [-0.4, -0.2) is 27.2 Å². The zero-order valence-electron chi connectivity index (χ0n) is 10.6. The van der Waals surface area contributed by atoms with Gasteiger partial charge in [-0.3, -0.25) is 9.48 Å². The number of nitrogens with one attached hydrogen (secondary N) is 2. The Morgan fingerprint density at radius 3 is 3.05 bits per heavy atom. The Kier molecular flexibility index (Phi) is 4.09. The van der Waals surface area contributed by atoms with Gasteiger partial charge in [-0.1, -0.05) is 0 Å². The number of rotatable bonds is 5. The zero-order valence-corrected chi connectivity index (χ0v) is 10.6. The number of hydrogen-bond donors (Lipinski definition) is 3. The Bertz CT molecular complexity index is 565. The molecular weight excluding hydrogens is 244 g/mol. The maximum atomic E-state index is 11.9. The van der Waals surface area contributed by atoms with Crippen LogP contribution < -0.4 is 16.6 Å². The van der Waals surface area contributed by atoms with E-state index in [1.54, 1.807) is 23.0 Å². The lowest BCUT2D eigenvalue weighted by Crippen LogP contribution is -2.27. The molecule has 0 aliphatic heterocycles. The van der Waals surface area contributed by atoms with Crippen molar-refractivity contribution >= 4 is 11.7 Å². The minimum atomic E-state index is -0.164. The molecule has 7 heteroatoms. The van der Waals surface area contributed by atoms with Crippen molar-refractivity contribution in [3.63, 3.8) is 0 Å². The number of nitrogen functional groups attached to an aromatic ring is 1. The molecule has 1 amide bonds. The first kappa shape index (κ1) is 13.0. The van der Waals surface area contributed by atoms with Gasteiger partial charge in [0.05, 0.1) is 12.7 Å². The number of hydrogen-bond acceptors (Lipinski definition) is 5. The first-order valence-electron chi connectivity index (χ1n) is 5.89. The van der Waals surface area contributed by atoms with Gasteiger partial charge in [0.25, 0.3) is 5.91 Å². The highest BCUT2D eigenvalue weighted by Crippen LogP contribution is 2.04. The third-order valence-electron chi connectivity index (χ3n) is 2.56. The van der Waals surface area contributed by atoms with Crippen molar-refractivity contribution in [2.75, 3.05) is 12.0 Å². The predicted octanol–water partition coefficient (Wildman–Crippen LogP) is 0.302. The first-order valence-corrected chi connectivity index (χ1v) is 5.89. The molecular formula is C12H16N6O. The maximum absolute atomic E-state index is 11.9. The van der Waals surface area contributed by atoms with Gasteiger partial charge in [0.15, 0.2) is 0 Å². The number of anilines is 1. The molecule has 100 valence electrons. The van der Waals surface area contributed by atoms with Crippen molar-refractivity contribution in [2.45, 2.75) is 13.5 Å². The third-order valence-corrected chi connectivity index (χ3v) is 2.56.